The van der Waals surface area contributed by atoms with E-state index >= 15 is 0 Å². The van der Waals surface area contributed by atoms with E-state index in [0.717, 1.165) is 12.1 Å². The number of rotatable bonds is 6. The van der Waals surface area contributed by atoms with E-state index in [1.807, 2.05) is 0 Å². The van der Waals surface area contributed by atoms with Gasteiger partial charge in [-0.15, -0.1) is 0 Å². The molecule has 11 nitrogen and oxygen atoms in total. The van der Waals surface area contributed by atoms with Crippen LogP contribution >= 0.6 is 0 Å². The first-order valence-corrected chi connectivity index (χ1v) is 9.87. The number of nitro groups is 1. The summed E-state index contributed by atoms with van der Waals surface area (Å²) in [6, 6.07) is 7.25. The summed E-state index contributed by atoms with van der Waals surface area (Å²) in [7, 11) is 1.36. The van der Waals surface area contributed by atoms with Gasteiger partial charge in [0.25, 0.3) is 17.5 Å². The Morgan fingerprint density at radius 3 is 2.48 bits per heavy atom. The highest BCUT2D eigenvalue weighted by Crippen LogP contribution is 2.38. The number of hydrogen-bond acceptors (Lipinski definition) is 8. The number of hydrogen-bond donors (Lipinski definition) is 2. The zero-order chi connectivity index (χ0) is 23.9. The van der Waals surface area contributed by atoms with Crippen molar-refractivity contribution in [3.05, 3.63) is 69.0 Å². The summed E-state index contributed by atoms with van der Waals surface area (Å²) in [5.41, 5.74) is -2.61. The highest BCUT2D eigenvalue weighted by atomic mass is 19.1. The molecular formula is C21H17FN4O7. The molecule has 170 valence electrons. The maximum Gasteiger partial charge on any atom is 0.358 e. The lowest BCUT2D eigenvalue weighted by Crippen LogP contribution is -2.55. The zero-order valence-electron chi connectivity index (χ0n) is 17.2. The van der Waals surface area contributed by atoms with Crippen LogP contribution in [0.5, 0.6) is 0 Å². The summed E-state index contributed by atoms with van der Waals surface area (Å²) < 4.78 is 14.3. The third kappa shape index (κ3) is 3.54. The minimum absolute atomic E-state index is 0.180. The molecule has 0 aromatic heterocycles. The maximum absolute atomic E-state index is 14.3. The predicted octanol–water partition coefficient (Wildman–Crippen LogP) is 2.18. The number of nitrogens with zero attached hydrogens (tertiary/aromatic N) is 2. The van der Waals surface area contributed by atoms with E-state index in [4.69, 9.17) is 4.84 Å². The van der Waals surface area contributed by atoms with Crippen LogP contribution in [-0.4, -0.2) is 46.3 Å². The second kappa shape index (κ2) is 7.97. The highest BCUT2D eigenvalue weighted by Gasteiger charge is 2.50. The fourth-order valence-electron chi connectivity index (χ4n) is 3.75. The quantitative estimate of drug-likeness (QED) is 0.382. The van der Waals surface area contributed by atoms with E-state index < -0.39 is 51.2 Å². The van der Waals surface area contributed by atoms with Crippen LogP contribution in [-0.2, 0) is 9.63 Å². The second-order valence-electron chi connectivity index (χ2n) is 7.57. The molecule has 12 heteroatoms. The molecule has 1 fully saturated rings. The van der Waals surface area contributed by atoms with Crippen molar-refractivity contribution in [2.45, 2.75) is 24.8 Å². The van der Waals surface area contributed by atoms with Crippen molar-refractivity contribution in [3.63, 3.8) is 0 Å². The van der Waals surface area contributed by atoms with E-state index in [9.17, 15) is 33.7 Å². The lowest BCUT2D eigenvalue weighted by atomic mass is 9.76. The third-order valence-electron chi connectivity index (χ3n) is 5.65. The molecule has 33 heavy (non-hydrogen) atoms. The average Bonchev–Trinajstić information content (AvgIpc) is 3.00. The van der Waals surface area contributed by atoms with E-state index in [1.165, 1.54) is 31.3 Å². The molecule has 2 aromatic rings. The second-order valence-corrected chi connectivity index (χ2v) is 7.57. The minimum atomic E-state index is -1.35. The normalized spacial score (nSPS) is 16.0. The number of nitrogens with one attached hydrogen (secondary N) is 2. The van der Waals surface area contributed by atoms with Crippen molar-refractivity contribution in [1.82, 2.24) is 10.4 Å². The van der Waals surface area contributed by atoms with Crippen LogP contribution in [0.15, 0.2) is 36.4 Å². The van der Waals surface area contributed by atoms with Gasteiger partial charge < -0.3 is 15.5 Å². The van der Waals surface area contributed by atoms with Gasteiger partial charge in [-0.2, -0.15) is 0 Å². The molecule has 0 radical (unpaired) electrons. The number of imide groups is 1. The van der Waals surface area contributed by atoms with E-state index in [2.05, 4.69) is 10.6 Å². The summed E-state index contributed by atoms with van der Waals surface area (Å²) in [4.78, 5) is 65.4. The molecule has 2 N–H and O–H groups in total. The molecule has 4 rings (SSSR count). The maximum atomic E-state index is 14.3. The van der Waals surface area contributed by atoms with Gasteiger partial charge in [0.2, 0.25) is 0 Å². The van der Waals surface area contributed by atoms with Gasteiger partial charge in [-0.3, -0.25) is 24.5 Å². The van der Waals surface area contributed by atoms with Gasteiger partial charge in [0, 0.05) is 18.8 Å². The molecule has 3 amide bonds. The molecule has 0 saturated heterocycles. The number of nitro benzene ring substituents is 1. The van der Waals surface area contributed by atoms with Crippen LogP contribution in [0.2, 0.25) is 0 Å². The first-order chi connectivity index (χ1) is 15.7. The van der Waals surface area contributed by atoms with Gasteiger partial charge in [0.05, 0.1) is 16.1 Å². The summed E-state index contributed by atoms with van der Waals surface area (Å²) in [6.07, 6.45) is 1.16. The van der Waals surface area contributed by atoms with Crippen LogP contribution in [0.1, 0.15) is 50.3 Å². The van der Waals surface area contributed by atoms with Gasteiger partial charge in [-0.05, 0) is 43.5 Å². The molecule has 2 aliphatic rings. The van der Waals surface area contributed by atoms with Crippen LogP contribution in [0.4, 0.5) is 15.8 Å². The topological polar surface area (TPSA) is 148 Å². The molecule has 1 aliphatic heterocycles. The van der Waals surface area contributed by atoms with Gasteiger partial charge in [-0.25, -0.2) is 9.18 Å². The van der Waals surface area contributed by atoms with Crippen LogP contribution in [0.25, 0.3) is 0 Å². The first kappa shape index (κ1) is 21.9. The summed E-state index contributed by atoms with van der Waals surface area (Å²) in [5, 5.41) is 16.6. The van der Waals surface area contributed by atoms with Gasteiger partial charge >= 0.3 is 11.9 Å². The lowest BCUT2D eigenvalue weighted by Gasteiger charge is -2.40. The number of anilines is 1. The Hall–Kier alpha value is -4.35. The Morgan fingerprint density at radius 1 is 1.18 bits per heavy atom. The predicted molar refractivity (Wildman–Crippen MR) is 110 cm³/mol. The molecule has 0 unspecified atom stereocenters. The monoisotopic (exact) mass is 456 g/mol. The summed E-state index contributed by atoms with van der Waals surface area (Å²) in [5.74, 6) is -4.51. The van der Waals surface area contributed by atoms with Gasteiger partial charge in [0.15, 0.2) is 0 Å². The SMILES string of the molecule is CNC(=O)c1ccc(NC2(C(=O)ON3C(=O)c4cccc([N+](=O)[O-])c4C3=O)CCC2)cc1F. The fourth-order valence-corrected chi connectivity index (χ4v) is 3.75. The van der Waals surface area contributed by atoms with Crippen LogP contribution in [0, 0.1) is 15.9 Å². The number of benzene rings is 2. The molecule has 1 heterocycles. The number of amides is 3. The van der Waals surface area contributed by atoms with Crippen molar-refractivity contribution in [2.24, 2.45) is 0 Å². The highest BCUT2D eigenvalue weighted by molar-refractivity contribution is 6.22. The lowest BCUT2D eigenvalue weighted by molar-refractivity contribution is -0.385. The van der Waals surface area contributed by atoms with E-state index in [1.54, 1.807) is 0 Å². The van der Waals surface area contributed by atoms with E-state index in [0.29, 0.717) is 6.42 Å². The Balaban J connectivity index is 1.55. The Kier molecular flexibility index (Phi) is 5.28. The van der Waals surface area contributed by atoms with Crippen molar-refractivity contribution in [3.8, 4) is 0 Å². The van der Waals surface area contributed by atoms with E-state index in [-0.39, 0.29) is 34.7 Å². The smallest absolute Gasteiger partial charge is 0.358 e. The Bertz CT molecular complexity index is 1230. The zero-order valence-corrected chi connectivity index (χ0v) is 17.2. The van der Waals surface area contributed by atoms with Crippen molar-refractivity contribution in [2.75, 3.05) is 12.4 Å². The number of halogens is 1. The van der Waals surface area contributed by atoms with Crippen molar-refractivity contribution >= 4 is 35.1 Å². The molecular weight excluding hydrogens is 439 g/mol. The van der Waals surface area contributed by atoms with Gasteiger partial charge in [0.1, 0.15) is 16.9 Å². The number of fused-ring (bicyclic) bond motifs is 1. The molecule has 0 atom stereocenters. The average molecular weight is 456 g/mol. The van der Waals surface area contributed by atoms with Gasteiger partial charge in [-0.1, -0.05) is 11.1 Å². The third-order valence-corrected chi connectivity index (χ3v) is 5.65. The fraction of sp³-hybridized carbons (Fsp3) is 0.238. The summed E-state index contributed by atoms with van der Waals surface area (Å²) >= 11 is 0. The Labute approximate surface area is 185 Å². The van der Waals surface area contributed by atoms with Crippen LogP contribution < -0.4 is 10.6 Å². The molecule has 1 saturated carbocycles. The number of carbonyl (C=O) groups is 4. The molecule has 0 bridgehead atoms. The van der Waals surface area contributed by atoms with Crippen LogP contribution in [0.3, 0.4) is 0 Å². The summed E-state index contributed by atoms with van der Waals surface area (Å²) in [6.45, 7) is 0. The van der Waals surface area contributed by atoms with Crippen molar-refractivity contribution < 1.29 is 33.3 Å². The minimum Gasteiger partial charge on any atom is -0.370 e. The largest absolute Gasteiger partial charge is 0.370 e. The molecule has 2 aromatic carbocycles. The number of carbonyl (C=O) groups excluding carboxylic acids is 4. The first-order valence-electron chi connectivity index (χ1n) is 9.87. The molecule has 1 aliphatic carbocycles. The number of hydroxylamine groups is 2. The Morgan fingerprint density at radius 2 is 1.91 bits per heavy atom. The standard InChI is InChI=1S/C21H17FN4O7/c1-23-17(27)12-7-6-11(10-14(12)22)24-21(8-3-9-21)20(30)33-25-18(28)13-4-2-5-15(26(31)32)16(13)19(25)29/h2,4-7,10,24H,3,8-9H2,1H3,(H,23,27). The van der Waals surface area contributed by atoms with Crippen molar-refractivity contribution in [1.29, 1.82) is 0 Å². The molecule has 0 spiro atoms.